The molecule has 1 unspecified atom stereocenters. The lowest BCUT2D eigenvalue weighted by Crippen LogP contribution is -2.40. The predicted octanol–water partition coefficient (Wildman–Crippen LogP) is 4.25. The molecule has 1 amide bonds. The summed E-state index contributed by atoms with van der Waals surface area (Å²) < 4.78 is 13.5. The molecule has 0 N–H and O–H groups in total. The molecule has 1 aliphatic heterocycles. The molecule has 0 saturated carbocycles. The van der Waals surface area contributed by atoms with Crippen molar-refractivity contribution in [3.8, 4) is 11.3 Å². The first-order valence-corrected chi connectivity index (χ1v) is 9.03. The zero-order valence-electron chi connectivity index (χ0n) is 13.4. The molecular formula is C19H16FN3OS. The SMILES string of the molecule is O=C1C(c2cccc(F)c2)CCCN1c1nc(-c2ccncc2)cs1. The average molecular weight is 353 g/mol. The van der Waals surface area contributed by atoms with Gasteiger partial charge in [-0.15, -0.1) is 11.3 Å². The van der Waals surface area contributed by atoms with Crippen LogP contribution in [0.25, 0.3) is 11.3 Å². The van der Waals surface area contributed by atoms with Gasteiger partial charge in [0.25, 0.3) is 0 Å². The number of carbonyl (C=O) groups excluding carboxylic acids is 1. The van der Waals surface area contributed by atoms with Gasteiger partial charge in [0.15, 0.2) is 5.13 Å². The molecule has 126 valence electrons. The van der Waals surface area contributed by atoms with Crippen LogP contribution in [0.4, 0.5) is 9.52 Å². The molecule has 25 heavy (non-hydrogen) atoms. The highest BCUT2D eigenvalue weighted by atomic mass is 32.1. The van der Waals surface area contributed by atoms with E-state index in [9.17, 15) is 9.18 Å². The van der Waals surface area contributed by atoms with Crippen molar-refractivity contribution in [3.05, 3.63) is 65.6 Å². The number of anilines is 1. The van der Waals surface area contributed by atoms with E-state index >= 15 is 0 Å². The fraction of sp³-hybridized carbons (Fsp3) is 0.211. The Hall–Kier alpha value is -2.60. The lowest BCUT2D eigenvalue weighted by atomic mass is 9.90. The third-order valence-electron chi connectivity index (χ3n) is 4.39. The van der Waals surface area contributed by atoms with Gasteiger partial charge in [-0.05, 0) is 42.7 Å². The van der Waals surface area contributed by atoms with Gasteiger partial charge in [-0.2, -0.15) is 0 Å². The Bertz CT molecular complexity index is 896. The molecule has 3 heterocycles. The van der Waals surface area contributed by atoms with Crippen LogP contribution in [0.2, 0.25) is 0 Å². The van der Waals surface area contributed by atoms with Gasteiger partial charge >= 0.3 is 0 Å². The third-order valence-corrected chi connectivity index (χ3v) is 5.25. The molecule has 4 nitrogen and oxygen atoms in total. The molecule has 1 saturated heterocycles. The Morgan fingerprint density at radius 3 is 2.84 bits per heavy atom. The van der Waals surface area contributed by atoms with Crippen LogP contribution >= 0.6 is 11.3 Å². The molecule has 1 atom stereocenters. The molecule has 0 radical (unpaired) electrons. The molecule has 1 fully saturated rings. The second-order valence-electron chi connectivity index (χ2n) is 5.99. The fourth-order valence-corrected chi connectivity index (χ4v) is 4.01. The lowest BCUT2D eigenvalue weighted by molar-refractivity contribution is -0.121. The normalized spacial score (nSPS) is 17.7. The number of rotatable bonds is 3. The minimum atomic E-state index is -0.309. The van der Waals surface area contributed by atoms with Gasteiger partial charge in [0, 0.05) is 29.9 Å². The summed E-state index contributed by atoms with van der Waals surface area (Å²) in [6.45, 7) is 0.647. The maximum Gasteiger partial charge on any atom is 0.236 e. The maximum absolute atomic E-state index is 13.5. The molecule has 0 spiro atoms. The second kappa shape index (κ2) is 6.72. The van der Waals surface area contributed by atoms with Crippen LogP contribution in [-0.4, -0.2) is 22.4 Å². The first-order valence-electron chi connectivity index (χ1n) is 8.15. The van der Waals surface area contributed by atoms with Crippen LogP contribution in [0.3, 0.4) is 0 Å². The van der Waals surface area contributed by atoms with Crippen molar-refractivity contribution in [3.63, 3.8) is 0 Å². The van der Waals surface area contributed by atoms with Gasteiger partial charge in [-0.3, -0.25) is 14.7 Å². The van der Waals surface area contributed by atoms with E-state index in [1.165, 1.54) is 23.5 Å². The van der Waals surface area contributed by atoms with Gasteiger partial charge < -0.3 is 0 Å². The molecule has 0 aliphatic carbocycles. The Balaban J connectivity index is 1.60. The predicted molar refractivity (Wildman–Crippen MR) is 96.1 cm³/mol. The number of nitrogens with zero attached hydrogens (tertiary/aromatic N) is 3. The van der Waals surface area contributed by atoms with Crippen LogP contribution in [0.5, 0.6) is 0 Å². The van der Waals surface area contributed by atoms with Crippen LogP contribution in [0, 0.1) is 5.82 Å². The molecule has 3 aromatic rings. The highest BCUT2D eigenvalue weighted by Crippen LogP contribution is 2.34. The smallest absolute Gasteiger partial charge is 0.236 e. The topological polar surface area (TPSA) is 46.1 Å². The van der Waals surface area contributed by atoms with Gasteiger partial charge in [0.05, 0.1) is 11.6 Å². The average Bonchev–Trinajstić information content (AvgIpc) is 3.12. The number of piperidine rings is 1. The summed E-state index contributed by atoms with van der Waals surface area (Å²) in [5.41, 5.74) is 2.55. The third kappa shape index (κ3) is 3.17. The summed E-state index contributed by atoms with van der Waals surface area (Å²) >= 11 is 1.45. The summed E-state index contributed by atoms with van der Waals surface area (Å²) in [5, 5.41) is 2.64. The monoisotopic (exact) mass is 353 g/mol. The van der Waals surface area contributed by atoms with Crippen molar-refractivity contribution in [2.45, 2.75) is 18.8 Å². The van der Waals surface area contributed by atoms with Crippen LogP contribution in [0.1, 0.15) is 24.3 Å². The molecule has 2 aromatic heterocycles. The Morgan fingerprint density at radius 2 is 2.04 bits per heavy atom. The molecular weight excluding hydrogens is 337 g/mol. The Kier molecular flexibility index (Phi) is 4.28. The van der Waals surface area contributed by atoms with Crippen LogP contribution < -0.4 is 4.90 Å². The van der Waals surface area contributed by atoms with Crippen molar-refractivity contribution in [1.29, 1.82) is 0 Å². The Morgan fingerprint density at radius 1 is 1.20 bits per heavy atom. The fourth-order valence-electron chi connectivity index (χ4n) is 3.14. The number of benzene rings is 1. The summed E-state index contributed by atoms with van der Waals surface area (Å²) in [4.78, 5) is 23.3. The van der Waals surface area contributed by atoms with E-state index in [-0.39, 0.29) is 17.6 Å². The Labute approximate surface area is 149 Å². The lowest BCUT2D eigenvalue weighted by Gasteiger charge is -2.30. The number of hydrogen-bond donors (Lipinski definition) is 0. The number of halogens is 1. The first kappa shape index (κ1) is 15.9. The largest absolute Gasteiger partial charge is 0.288 e. The van der Waals surface area contributed by atoms with Gasteiger partial charge in [-0.25, -0.2) is 9.37 Å². The maximum atomic E-state index is 13.5. The van der Waals surface area contributed by atoms with Crippen molar-refractivity contribution in [2.24, 2.45) is 0 Å². The minimum absolute atomic E-state index is 0.00696. The number of hydrogen-bond acceptors (Lipinski definition) is 4. The second-order valence-corrected chi connectivity index (χ2v) is 6.83. The summed E-state index contributed by atoms with van der Waals surface area (Å²) in [7, 11) is 0. The number of pyridine rings is 1. The number of aromatic nitrogens is 2. The number of amides is 1. The van der Waals surface area contributed by atoms with Gasteiger partial charge in [0.2, 0.25) is 5.91 Å². The first-order chi connectivity index (χ1) is 12.2. The minimum Gasteiger partial charge on any atom is -0.288 e. The summed E-state index contributed by atoms with van der Waals surface area (Å²) in [6.07, 6.45) is 5.05. The zero-order valence-corrected chi connectivity index (χ0v) is 14.2. The molecule has 1 aromatic carbocycles. The van der Waals surface area contributed by atoms with E-state index < -0.39 is 0 Å². The highest BCUT2D eigenvalue weighted by molar-refractivity contribution is 7.14. The van der Waals surface area contributed by atoms with Crippen LogP contribution in [-0.2, 0) is 4.79 Å². The van der Waals surface area contributed by atoms with E-state index in [1.807, 2.05) is 23.6 Å². The number of thiazole rings is 1. The van der Waals surface area contributed by atoms with Crippen molar-refractivity contribution in [1.82, 2.24) is 9.97 Å². The molecule has 6 heteroatoms. The van der Waals surface area contributed by atoms with Crippen LogP contribution in [0.15, 0.2) is 54.2 Å². The highest BCUT2D eigenvalue weighted by Gasteiger charge is 2.32. The molecule has 4 rings (SSSR count). The van der Waals surface area contributed by atoms with E-state index in [0.717, 1.165) is 29.7 Å². The van der Waals surface area contributed by atoms with E-state index in [4.69, 9.17) is 0 Å². The quantitative estimate of drug-likeness (QED) is 0.707. The summed E-state index contributed by atoms with van der Waals surface area (Å²) in [6, 6.07) is 10.1. The van der Waals surface area contributed by atoms with E-state index in [0.29, 0.717) is 11.7 Å². The number of carbonyl (C=O) groups is 1. The standard InChI is InChI=1S/C19H16FN3OS/c20-15-4-1-3-14(11-15)16-5-2-10-23(18(16)24)19-22-17(12-25-19)13-6-8-21-9-7-13/h1,3-4,6-9,11-12,16H,2,5,10H2. The summed E-state index contributed by atoms with van der Waals surface area (Å²) in [5.74, 6) is -0.623. The molecule has 0 bridgehead atoms. The van der Waals surface area contributed by atoms with Gasteiger partial charge in [0.1, 0.15) is 5.82 Å². The van der Waals surface area contributed by atoms with Crippen molar-refractivity contribution >= 4 is 22.4 Å². The van der Waals surface area contributed by atoms with Crippen molar-refractivity contribution in [2.75, 3.05) is 11.4 Å². The van der Waals surface area contributed by atoms with Gasteiger partial charge in [-0.1, -0.05) is 12.1 Å². The van der Waals surface area contributed by atoms with Crippen molar-refractivity contribution < 1.29 is 9.18 Å². The van der Waals surface area contributed by atoms with E-state index in [1.54, 1.807) is 23.4 Å². The molecule has 1 aliphatic rings. The zero-order chi connectivity index (χ0) is 17.2. The van der Waals surface area contributed by atoms with E-state index in [2.05, 4.69) is 9.97 Å².